The summed E-state index contributed by atoms with van der Waals surface area (Å²) in [5.74, 6) is 2.37. The zero-order chi connectivity index (χ0) is 21.8. The Hall–Kier alpha value is -2.15. The Balaban J connectivity index is 1.29. The molecule has 1 aromatic heterocycles. The van der Waals surface area contributed by atoms with Gasteiger partial charge in [0.25, 0.3) is 5.91 Å². The van der Waals surface area contributed by atoms with Crippen LogP contribution in [0.4, 0.5) is 11.8 Å². The third-order valence-electron chi connectivity index (χ3n) is 6.42. The number of carbonyl (C=O) groups excluding carboxylic acids is 1. The molecule has 166 valence electrons. The fourth-order valence-corrected chi connectivity index (χ4v) is 4.91. The number of carbonyl (C=O) groups is 1. The molecule has 0 bridgehead atoms. The lowest BCUT2D eigenvalue weighted by atomic mass is 9.86. The van der Waals surface area contributed by atoms with E-state index in [9.17, 15) is 4.79 Å². The summed E-state index contributed by atoms with van der Waals surface area (Å²) < 4.78 is 0.982. The molecule has 2 N–H and O–H groups in total. The van der Waals surface area contributed by atoms with Crippen LogP contribution in [0.3, 0.4) is 0 Å². The number of halogens is 1. The first-order chi connectivity index (χ1) is 15.0. The van der Waals surface area contributed by atoms with Crippen molar-refractivity contribution in [1.29, 1.82) is 0 Å². The molecule has 0 spiro atoms. The van der Waals surface area contributed by atoms with Crippen molar-refractivity contribution in [1.82, 2.24) is 15.3 Å². The number of hydrogen-bond acceptors (Lipinski definition) is 5. The number of benzene rings is 1. The third-order valence-corrected chi connectivity index (χ3v) is 6.95. The molecule has 1 heterocycles. The summed E-state index contributed by atoms with van der Waals surface area (Å²) in [6, 6.07) is 7.89. The molecule has 2 aliphatic rings. The van der Waals surface area contributed by atoms with Crippen molar-refractivity contribution in [3.8, 4) is 0 Å². The van der Waals surface area contributed by atoms with Crippen molar-refractivity contribution < 1.29 is 4.79 Å². The molecule has 31 heavy (non-hydrogen) atoms. The zero-order valence-electron chi connectivity index (χ0n) is 18.5. The normalized spacial score (nSPS) is 20.6. The van der Waals surface area contributed by atoms with Gasteiger partial charge in [0.05, 0.1) is 5.69 Å². The summed E-state index contributed by atoms with van der Waals surface area (Å²) in [6.07, 6.45) is 8.94. The summed E-state index contributed by atoms with van der Waals surface area (Å²) in [6.45, 7) is 0.738. The molecule has 0 saturated heterocycles. The maximum Gasteiger partial charge on any atom is 0.251 e. The minimum Gasteiger partial charge on any atom is -0.362 e. The number of anilines is 2. The van der Waals surface area contributed by atoms with E-state index >= 15 is 0 Å². The van der Waals surface area contributed by atoms with Gasteiger partial charge in [-0.15, -0.1) is 0 Å². The van der Waals surface area contributed by atoms with Crippen molar-refractivity contribution in [3.05, 3.63) is 45.6 Å². The summed E-state index contributed by atoms with van der Waals surface area (Å²) >= 11 is 3.41. The standard InChI is InChI=1S/C24H32BrN5O/c1-30(2)22-20-5-3-4-6-21(20)28-24(29-22)27-19-13-7-16(8-14-19)15-26-23(31)17-9-11-18(25)12-10-17/h9-12,16,19H,3-8,13-15H2,1-2H3,(H,26,31)(H,27,28,29). The molecule has 4 rings (SSSR count). The van der Waals surface area contributed by atoms with Crippen LogP contribution in [0.1, 0.15) is 60.1 Å². The first-order valence-corrected chi connectivity index (χ1v) is 12.2. The lowest BCUT2D eigenvalue weighted by Crippen LogP contribution is -2.34. The first-order valence-electron chi connectivity index (χ1n) is 11.4. The number of fused-ring (bicyclic) bond motifs is 1. The molecule has 6 nitrogen and oxygen atoms in total. The van der Waals surface area contributed by atoms with E-state index in [2.05, 4.69) is 45.6 Å². The monoisotopic (exact) mass is 485 g/mol. The maximum absolute atomic E-state index is 12.3. The van der Waals surface area contributed by atoms with E-state index < -0.39 is 0 Å². The summed E-state index contributed by atoms with van der Waals surface area (Å²) in [7, 11) is 4.13. The van der Waals surface area contributed by atoms with Crippen LogP contribution in [0.2, 0.25) is 0 Å². The topological polar surface area (TPSA) is 70.2 Å². The van der Waals surface area contributed by atoms with Crippen LogP contribution in [0, 0.1) is 5.92 Å². The summed E-state index contributed by atoms with van der Waals surface area (Å²) in [4.78, 5) is 24.2. The van der Waals surface area contributed by atoms with Crippen molar-refractivity contribution >= 4 is 33.6 Å². The molecular formula is C24H32BrN5O. The van der Waals surface area contributed by atoms with Gasteiger partial charge in [0, 0.05) is 42.3 Å². The van der Waals surface area contributed by atoms with Gasteiger partial charge in [-0.05, 0) is 81.5 Å². The molecule has 7 heteroatoms. The second-order valence-electron chi connectivity index (χ2n) is 8.98. The van der Waals surface area contributed by atoms with E-state index in [1.807, 2.05) is 24.3 Å². The van der Waals surface area contributed by atoms with Gasteiger partial charge in [-0.25, -0.2) is 4.98 Å². The Bertz CT molecular complexity index is 907. The molecule has 0 aliphatic heterocycles. The van der Waals surface area contributed by atoms with Crippen molar-refractivity contribution in [3.63, 3.8) is 0 Å². The fraction of sp³-hybridized carbons (Fsp3) is 0.542. The second-order valence-corrected chi connectivity index (χ2v) is 9.89. The molecule has 0 atom stereocenters. The number of aryl methyl sites for hydroxylation is 1. The quantitative estimate of drug-likeness (QED) is 0.626. The predicted octanol–water partition coefficient (Wildman–Crippen LogP) is 4.58. The highest BCUT2D eigenvalue weighted by atomic mass is 79.9. The van der Waals surface area contributed by atoms with E-state index in [1.165, 1.54) is 24.1 Å². The Morgan fingerprint density at radius 3 is 2.48 bits per heavy atom. The van der Waals surface area contributed by atoms with Crippen molar-refractivity contribution in [2.45, 2.75) is 57.4 Å². The Morgan fingerprint density at radius 1 is 1.06 bits per heavy atom. The maximum atomic E-state index is 12.3. The van der Waals surface area contributed by atoms with Gasteiger partial charge in [0.1, 0.15) is 5.82 Å². The highest BCUT2D eigenvalue weighted by molar-refractivity contribution is 9.10. The van der Waals surface area contributed by atoms with Gasteiger partial charge in [-0.3, -0.25) is 4.79 Å². The molecule has 0 unspecified atom stereocenters. The van der Waals surface area contributed by atoms with E-state index in [4.69, 9.17) is 9.97 Å². The van der Waals surface area contributed by atoms with Gasteiger partial charge in [0.15, 0.2) is 0 Å². The van der Waals surface area contributed by atoms with Crippen LogP contribution < -0.4 is 15.5 Å². The van der Waals surface area contributed by atoms with E-state index in [1.54, 1.807) is 0 Å². The van der Waals surface area contributed by atoms with E-state index in [0.717, 1.165) is 61.3 Å². The fourth-order valence-electron chi connectivity index (χ4n) is 4.64. The number of rotatable bonds is 6. The van der Waals surface area contributed by atoms with E-state index in [-0.39, 0.29) is 5.91 Å². The van der Waals surface area contributed by atoms with Gasteiger partial charge in [-0.1, -0.05) is 15.9 Å². The lowest BCUT2D eigenvalue weighted by Gasteiger charge is -2.30. The largest absolute Gasteiger partial charge is 0.362 e. The Morgan fingerprint density at radius 2 is 1.77 bits per heavy atom. The molecule has 2 aromatic rings. The summed E-state index contributed by atoms with van der Waals surface area (Å²) in [5, 5.41) is 6.70. The predicted molar refractivity (Wildman–Crippen MR) is 129 cm³/mol. The third kappa shape index (κ3) is 5.56. The molecule has 2 aliphatic carbocycles. The minimum absolute atomic E-state index is 0.00595. The summed E-state index contributed by atoms with van der Waals surface area (Å²) in [5.41, 5.74) is 3.25. The van der Waals surface area contributed by atoms with Gasteiger partial charge in [-0.2, -0.15) is 4.98 Å². The van der Waals surface area contributed by atoms with Gasteiger partial charge < -0.3 is 15.5 Å². The minimum atomic E-state index is 0.00595. The van der Waals surface area contributed by atoms with Crippen LogP contribution in [0.5, 0.6) is 0 Å². The number of amides is 1. The SMILES string of the molecule is CN(C)c1nc(NC2CCC(CNC(=O)c3ccc(Br)cc3)CC2)nc2c1CCCC2. The highest BCUT2D eigenvalue weighted by Crippen LogP contribution is 2.30. The average Bonchev–Trinajstić information content (AvgIpc) is 2.78. The number of aromatic nitrogens is 2. The number of hydrogen-bond donors (Lipinski definition) is 2. The average molecular weight is 486 g/mol. The molecule has 0 radical (unpaired) electrons. The highest BCUT2D eigenvalue weighted by Gasteiger charge is 2.24. The van der Waals surface area contributed by atoms with Crippen molar-refractivity contribution in [2.75, 3.05) is 30.9 Å². The molecule has 1 aromatic carbocycles. The van der Waals surface area contributed by atoms with E-state index in [0.29, 0.717) is 17.5 Å². The zero-order valence-corrected chi connectivity index (χ0v) is 20.0. The first kappa shape index (κ1) is 22.1. The van der Waals surface area contributed by atoms with Crippen molar-refractivity contribution in [2.24, 2.45) is 5.92 Å². The second kappa shape index (κ2) is 9.98. The van der Waals surface area contributed by atoms with Crippen LogP contribution >= 0.6 is 15.9 Å². The Labute approximate surface area is 193 Å². The van der Waals surface area contributed by atoms with Gasteiger partial charge >= 0.3 is 0 Å². The van der Waals surface area contributed by atoms with Crippen LogP contribution in [-0.4, -0.2) is 42.6 Å². The number of nitrogens with zero attached hydrogens (tertiary/aromatic N) is 3. The van der Waals surface area contributed by atoms with Gasteiger partial charge in [0.2, 0.25) is 5.95 Å². The van der Waals surface area contributed by atoms with Crippen LogP contribution in [0.25, 0.3) is 0 Å². The Kier molecular flexibility index (Phi) is 7.10. The molecule has 1 saturated carbocycles. The van der Waals surface area contributed by atoms with Crippen LogP contribution in [0.15, 0.2) is 28.7 Å². The molecule has 1 fully saturated rings. The smallest absolute Gasteiger partial charge is 0.251 e. The molecule has 1 amide bonds. The molecular weight excluding hydrogens is 454 g/mol. The van der Waals surface area contributed by atoms with Crippen LogP contribution in [-0.2, 0) is 12.8 Å². The number of nitrogens with one attached hydrogen (secondary N) is 2. The lowest BCUT2D eigenvalue weighted by molar-refractivity contribution is 0.0943.